The number of anilines is 3. The molecule has 0 bridgehead atoms. The third-order valence-electron chi connectivity index (χ3n) is 5.81. The molecule has 1 aromatic heterocycles. The highest BCUT2D eigenvalue weighted by Crippen LogP contribution is 2.35. The van der Waals surface area contributed by atoms with Gasteiger partial charge in [-0.3, -0.25) is 10.1 Å². The molecule has 1 heterocycles. The molecule has 188 valence electrons. The largest absolute Gasteiger partial charge is 0.457 e. The van der Waals surface area contributed by atoms with Gasteiger partial charge in [0.2, 0.25) is 11.6 Å². The van der Waals surface area contributed by atoms with Crippen molar-refractivity contribution in [1.29, 1.82) is 0 Å². The van der Waals surface area contributed by atoms with Crippen molar-refractivity contribution < 1.29 is 9.66 Å². The van der Waals surface area contributed by atoms with E-state index in [0.717, 1.165) is 16.9 Å². The monoisotopic (exact) mass is 503 g/mol. The zero-order chi connectivity index (χ0) is 26.2. The lowest BCUT2D eigenvalue weighted by molar-refractivity contribution is -0.383. The van der Waals surface area contributed by atoms with Gasteiger partial charge in [0.05, 0.1) is 4.92 Å². The molecule has 4 aromatic carbocycles. The number of nitrogens with one attached hydrogen (secondary N) is 1. The number of aromatic nitrogens is 2. The molecular formula is C30H25N5O3. The Hall–Kier alpha value is -5.24. The zero-order valence-electron chi connectivity index (χ0n) is 20.5. The Morgan fingerprint density at radius 1 is 0.711 bits per heavy atom. The van der Waals surface area contributed by atoms with E-state index in [4.69, 9.17) is 4.74 Å². The van der Waals surface area contributed by atoms with Gasteiger partial charge in [-0.05, 0) is 47.5 Å². The van der Waals surface area contributed by atoms with E-state index < -0.39 is 4.92 Å². The van der Waals surface area contributed by atoms with Gasteiger partial charge in [-0.2, -0.15) is 0 Å². The van der Waals surface area contributed by atoms with E-state index >= 15 is 0 Å². The highest BCUT2D eigenvalue weighted by Gasteiger charge is 2.27. The number of hydrogen-bond donors (Lipinski definition) is 1. The fraction of sp³-hybridized carbons (Fsp3) is 0.0667. The second-order valence-electron chi connectivity index (χ2n) is 8.54. The Morgan fingerprint density at radius 2 is 1.24 bits per heavy atom. The molecule has 0 radical (unpaired) electrons. The van der Waals surface area contributed by atoms with Crippen LogP contribution in [0.15, 0.2) is 122 Å². The normalized spacial score (nSPS) is 10.5. The standard InChI is InChI=1S/C30H25N5O3/c36-35(37)28-29(33-25-16-18-27(19-17-25)38-26-14-8-3-9-15-26)31-22-32-30(28)34(20-23-10-4-1-5-11-23)21-24-12-6-2-7-13-24/h1-19,22H,20-21H2,(H,31,32,33). The van der Waals surface area contributed by atoms with E-state index in [9.17, 15) is 10.1 Å². The molecule has 0 aliphatic carbocycles. The predicted molar refractivity (Wildman–Crippen MR) is 148 cm³/mol. The van der Waals surface area contributed by atoms with E-state index in [-0.39, 0.29) is 17.3 Å². The molecular weight excluding hydrogens is 478 g/mol. The van der Waals surface area contributed by atoms with E-state index in [1.807, 2.05) is 95.9 Å². The molecule has 0 spiro atoms. The van der Waals surface area contributed by atoms with Crippen LogP contribution in [0.25, 0.3) is 0 Å². The Kier molecular flexibility index (Phi) is 7.51. The second kappa shape index (κ2) is 11.7. The molecule has 38 heavy (non-hydrogen) atoms. The van der Waals surface area contributed by atoms with E-state index in [1.165, 1.54) is 6.33 Å². The van der Waals surface area contributed by atoms with Crippen LogP contribution in [0.1, 0.15) is 11.1 Å². The van der Waals surface area contributed by atoms with Crippen LogP contribution in [-0.4, -0.2) is 14.9 Å². The number of nitrogens with zero attached hydrogens (tertiary/aromatic N) is 4. The molecule has 0 aliphatic heterocycles. The molecule has 0 saturated carbocycles. The maximum absolute atomic E-state index is 12.3. The van der Waals surface area contributed by atoms with E-state index in [1.54, 1.807) is 24.3 Å². The van der Waals surface area contributed by atoms with Crippen LogP contribution in [0.2, 0.25) is 0 Å². The maximum Gasteiger partial charge on any atom is 0.353 e. The summed E-state index contributed by atoms with van der Waals surface area (Å²) in [4.78, 5) is 22.4. The molecule has 8 nitrogen and oxygen atoms in total. The Labute approximate surface area is 220 Å². The molecule has 0 fully saturated rings. The van der Waals surface area contributed by atoms with Crippen molar-refractivity contribution >= 4 is 23.0 Å². The first-order valence-electron chi connectivity index (χ1n) is 12.1. The van der Waals surface area contributed by atoms with Gasteiger partial charge in [0, 0.05) is 18.8 Å². The van der Waals surface area contributed by atoms with Gasteiger partial charge in [0.25, 0.3) is 0 Å². The van der Waals surface area contributed by atoms with Crippen molar-refractivity contribution in [2.75, 3.05) is 10.2 Å². The average molecular weight is 504 g/mol. The van der Waals surface area contributed by atoms with Gasteiger partial charge < -0.3 is 15.0 Å². The van der Waals surface area contributed by atoms with Gasteiger partial charge in [-0.1, -0.05) is 78.9 Å². The summed E-state index contributed by atoms with van der Waals surface area (Å²) in [5.41, 5.74) is 2.47. The minimum atomic E-state index is -0.437. The van der Waals surface area contributed by atoms with Crippen LogP contribution < -0.4 is 15.0 Å². The summed E-state index contributed by atoms with van der Waals surface area (Å²) in [6.07, 6.45) is 1.35. The number of ether oxygens (including phenoxy) is 1. The highest BCUT2D eigenvalue weighted by atomic mass is 16.6. The van der Waals surface area contributed by atoms with Crippen molar-refractivity contribution in [3.05, 3.63) is 143 Å². The smallest absolute Gasteiger partial charge is 0.353 e. The first-order valence-corrected chi connectivity index (χ1v) is 12.1. The van der Waals surface area contributed by atoms with Crippen LogP contribution >= 0.6 is 0 Å². The Bertz CT molecular complexity index is 1440. The first kappa shape index (κ1) is 24.5. The summed E-state index contributed by atoms with van der Waals surface area (Å²) in [6.45, 7) is 0.886. The summed E-state index contributed by atoms with van der Waals surface area (Å²) in [5, 5.41) is 15.4. The molecule has 1 N–H and O–H groups in total. The lowest BCUT2D eigenvalue weighted by atomic mass is 10.1. The van der Waals surface area contributed by atoms with Crippen LogP contribution in [0.3, 0.4) is 0 Å². The van der Waals surface area contributed by atoms with Gasteiger partial charge in [-0.25, -0.2) is 9.97 Å². The fourth-order valence-corrected chi connectivity index (χ4v) is 4.04. The molecule has 5 rings (SSSR count). The number of rotatable bonds is 10. The zero-order valence-corrected chi connectivity index (χ0v) is 20.5. The summed E-state index contributed by atoms with van der Waals surface area (Å²) in [7, 11) is 0. The SMILES string of the molecule is O=[N+]([O-])c1c(Nc2ccc(Oc3ccccc3)cc2)ncnc1N(Cc1ccccc1)Cc1ccccc1. The molecule has 0 amide bonds. The van der Waals surface area contributed by atoms with Crippen LogP contribution in [0.5, 0.6) is 11.5 Å². The molecule has 0 aliphatic rings. The number of nitro groups is 1. The number of benzene rings is 4. The minimum Gasteiger partial charge on any atom is -0.457 e. The summed E-state index contributed by atoms with van der Waals surface area (Å²) in [6, 6.07) is 36.2. The lowest BCUT2D eigenvalue weighted by Crippen LogP contribution is -2.24. The van der Waals surface area contributed by atoms with Gasteiger partial charge in [-0.15, -0.1) is 0 Å². The minimum absolute atomic E-state index is 0.114. The summed E-state index contributed by atoms with van der Waals surface area (Å²) in [5.74, 6) is 1.73. The molecule has 0 saturated heterocycles. The number of hydrogen-bond acceptors (Lipinski definition) is 7. The molecule has 0 unspecified atom stereocenters. The molecule has 0 atom stereocenters. The van der Waals surface area contributed by atoms with E-state index in [2.05, 4.69) is 15.3 Å². The first-order chi connectivity index (χ1) is 18.7. The quantitative estimate of drug-likeness (QED) is 0.160. The maximum atomic E-state index is 12.3. The number of para-hydroxylation sites is 1. The average Bonchev–Trinajstić information content (AvgIpc) is 2.95. The van der Waals surface area contributed by atoms with Crippen LogP contribution in [0, 0.1) is 10.1 Å². The molecule has 8 heteroatoms. The van der Waals surface area contributed by atoms with Crippen LogP contribution in [-0.2, 0) is 13.1 Å². The van der Waals surface area contributed by atoms with Crippen molar-refractivity contribution in [3.63, 3.8) is 0 Å². The topological polar surface area (TPSA) is 93.4 Å². The van der Waals surface area contributed by atoms with Crippen molar-refractivity contribution in [1.82, 2.24) is 9.97 Å². The predicted octanol–water partition coefficient (Wildman–Crippen LogP) is 7.13. The van der Waals surface area contributed by atoms with Crippen molar-refractivity contribution in [3.8, 4) is 11.5 Å². The highest BCUT2D eigenvalue weighted by molar-refractivity contribution is 5.74. The van der Waals surface area contributed by atoms with Crippen LogP contribution in [0.4, 0.5) is 23.0 Å². The third-order valence-corrected chi connectivity index (χ3v) is 5.81. The Balaban J connectivity index is 1.44. The summed E-state index contributed by atoms with van der Waals surface area (Å²) < 4.78 is 5.84. The Morgan fingerprint density at radius 3 is 1.79 bits per heavy atom. The van der Waals surface area contributed by atoms with Gasteiger partial charge in [0.15, 0.2) is 0 Å². The second-order valence-corrected chi connectivity index (χ2v) is 8.54. The van der Waals surface area contributed by atoms with Gasteiger partial charge in [0.1, 0.15) is 17.8 Å². The van der Waals surface area contributed by atoms with Crippen molar-refractivity contribution in [2.24, 2.45) is 0 Å². The van der Waals surface area contributed by atoms with Crippen molar-refractivity contribution in [2.45, 2.75) is 13.1 Å². The third kappa shape index (κ3) is 6.11. The molecule has 5 aromatic rings. The fourth-order valence-electron chi connectivity index (χ4n) is 4.04. The van der Waals surface area contributed by atoms with Gasteiger partial charge >= 0.3 is 5.69 Å². The summed E-state index contributed by atoms with van der Waals surface area (Å²) >= 11 is 0. The lowest BCUT2D eigenvalue weighted by Gasteiger charge is -2.24. The van der Waals surface area contributed by atoms with E-state index in [0.29, 0.717) is 24.5 Å².